The number of aliphatic hydroxyl groups is 1. The van der Waals surface area contributed by atoms with Crippen LogP contribution in [0.3, 0.4) is 0 Å². The molecule has 1 unspecified atom stereocenters. The zero-order valence-electron chi connectivity index (χ0n) is 11.1. The summed E-state index contributed by atoms with van der Waals surface area (Å²) in [5.74, 6) is 0.663. The van der Waals surface area contributed by atoms with E-state index in [1.165, 1.54) is 0 Å². The van der Waals surface area contributed by atoms with Crippen molar-refractivity contribution in [2.45, 2.75) is 46.1 Å². The summed E-state index contributed by atoms with van der Waals surface area (Å²) in [7, 11) is 0. The van der Waals surface area contributed by atoms with Crippen LogP contribution in [0.15, 0.2) is 4.52 Å². The molecule has 0 saturated heterocycles. The zero-order valence-corrected chi connectivity index (χ0v) is 11.1. The molecule has 0 aliphatic rings. The lowest BCUT2D eigenvalue weighted by atomic mass is 10.2. The number of hydrogen-bond donors (Lipinski definition) is 3. The van der Waals surface area contributed by atoms with Crippen LogP contribution in [0, 0.1) is 6.92 Å². The first-order valence-corrected chi connectivity index (χ1v) is 6.26. The first kappa shape index (κ1) is 14.5. The highest BCUT2D eigenvalue weighted by molar-refractivity contribution is 5.90. The van der Waals surface area contributed by atoms with Crippen LogP contribution >= 0.6 is 0 Å². The van der Waals surface area contributed by atoms with Crippen LogP contribution in [0.1, 0.15) is 38.1 Å². The van der Waals surface area contributed by atoms with Gasteiger partial charge in [-0.15, -0.1) is 0 Å². The van der Waals surface area contributed by atoms with Gasteiger partial charge >= 0.3 is 6.03 Å². The summed E-state index contributed by atoms with van der Waals surface area (Å²) in [4.78, 5) is 11.6. The maximum absolute atomic E-state index is 11.6. The predicted octanol–water partition coefficient (Wildman–Crippen LogP) is 1.83. The third kappa shape index (κ3) is 4.03. The van der Waals surface area contributed by atoms with Gasteiger partial charge in [-0.3, -0.25) is 0 Å². The summed E-state index contributed by atoms with van der Waals surface area (Å²) in [5, 5.41) is 18.6. The van der Waals surface area contributed by atoms with E-state index in [0.29, 0.717) is 42.9 Å². The summed E-state index contributed by atoms with van der Waals surface area (Å²) in [6.07, 6.45) is 1.54. The minimum absolute atomic E-state index is 0.306. The number of hydrogen-bond acceptors (Lipinski definition) is 4. The van der Waals surface area contributed by atoms with Crippen molar-refractivity contribution in [3.05, 3.63) is 11.5 Å². The molecule has 0 bridgehead atoms. The fourth-order valence-corrected chi connectivity index (χ4v) is 1.53. The average molecular weight is 255 g/mol. The largest absolute Gasteiger partial charge is 0.393 e. The summed E-state index contributed by atoms with van der Waals surface area (Å²) >= 11 is 0. The second kappa shape index (κ2) is 7.00. The Bertz CT molecular complexity index is 390. The van der Waals surface area contributed by atoms with E-state index < -0.39 is 0 Å². The molecule has 0 aliphatic heterocycles. The molecule has 1 aromatic rings. The quantitative estimate of drug-likeness (QED) is 0.723. The smallest absolute Gasteiger partial charge is 0.319 e. The maximum Gasteiger partial charge on any atom is 0.319 e. The van der Waals surface area contributed by atoms with Crippen LogP contribution in [0.2, 0.25) is 0 Å². The Kier molecular flexibility index (Phi) is 5.64. The minimum Gasteiger partial charge on any atom is -0.393 e. The first-order chi connectivity index (χ1) is 8.58. The molecule has 1 atom stereocenters. The first-order valence-electron chi connectivity index (χ1n) is 6.26. The molecule has 6 heteroatoms. The molecule has 0 saturated carbocycles. The molecule has 2 amide bonds. The molecule has 102 valence electrons. The van der Waals surface area contributed by atoms with E-state index in [1.807, 2.05) is 13.8 Å². The van der Waals surface area contributed by atoms with E-state index in [-0.39, 0.29) is 12.1 Å². The van der Waals surface area contributed by atoms with Gasteiger partial charge < -0.3 is 20.3 Å². The normalized spacial score (nSPS) is 12.2. The highest BCUT2D eigenvalue weighted by atomic mass is 16.5. The molecule has 18 heavy (non-hydrogen) atoms. The summed E-state index contributed by atoms with van der Waals surface area (Å²) in [6, 6.07) is -0.306. The van der Waals surface area contributed by atoms with Gasteiger partial charge in [-0.1, -0.05) is 19.0 Å². The van der Waals surface area contributed by atoms with Gasteiger partial charge in [0.1, 0.15) is 11.4 Å². The number of aryl methyl sites for hydroxylation is 2. The van der Waals surface area contributed by atoms with Crippen LogP contribution < -0.4 is 10.6 Å². The molecular weight excluding hydrogens is 234 g/mol. The Morgan fingerprint density at radius 2 is 2.22 bits per heavy atom. The number of aromatic nitrogens is 1. The van der Waals surface area contributed by atoms with Crippen LogP contribution in [0.25, 0.3) is 0 Å². The Labute approximate surface area is 107 Å². The van der Waals surface area contributed by atoms with E-state index in [0.717, 1.165) is 0 Å². The van der Waals surface area contributed by atoms with E-state index >= 15 is 0 Å². The molecule has 0 aromatic carbocycles. The topological polar surface area (TPSA) is 87.4 Å². The number of urea groups is 1. The number of carbonyl (C=O) groups excluding carboxylic acids is 1. The standard InChI is InChI=1S/C12H21N3O3/c1-4-9(16)6-7-13-12(17)14-11-8(3)15-18-10(11)5-2/h9,16H,4-7H2,1-3H3,(H2,13,14,17). The van der Waals surface area contributed by atoms with Gasteiger partial charge in [-0.2, -0.15) is 0 Å². The molecule has 6 nitrogen and oxygen atoms in total. The fourth-order valence-electron chi connectivity index (χ4n) is 1.53. The van der Waals surface area contributed by atoms with E-state index in [9.17, 15) is 9.90 Å². The monoisotopic (exact) mass is 255 g/mol. The van der Waals surface area contributed by atoms with Crippen LogP contribution in [-0.4, -0.2) is 28.9 Å². The molecule has 1 rings (SSSR count). The lowest BCUT2D eigenvalue weighted by Gasteiger charge is -2.09. The van der Waals surface area contributed by atoms with Crippen molar-refractivity contribution in [2.24, 2.45) is 0 Å². The number of carbonyl (C=O) groups is 1. The highest BCUT2D eigenvalue weighted by Gasteiger charge is 2.13. The van der Waals surface area contributed by atoms with Crippen molar-refractivity contribution >= 4 is 11.7 Å². The fraction of sp³-hybridized carbons (Fsp3) is 0.667. The van der Waals surface area contributed by atoms with Crippen molar-refractivity contribution in [3.8, 4) is 0 Å². The van der Waals surface area contributed by atoms with Crippen molar-refractivity contribution in [1.82, 2.24) is 10.5 Å². The minimum atomic E-state index is -0.367. The second-order valence-electron chi connectivity index (χ2n) is 4.15. The van der Waals surface area contributed by atoms with Crippen molar-refractivity contribution in [2.75, 3.05) is 11.9 Å². The van der Waals surface area contributed by atoms with E-state index in [4.69, 9.17) is 4.52 Å². The molecule has 1 aromatic heterocycles. The number of nitrogens with one attached hydrogen (secondary N) is 2. The van der Waals surface area contributed by atoms with Crippen molar-refractivity contribution in [3.63, 3.8) is 0 Å². The van der Waals surface area contributed by atoms with E-state index in [1.54, 1.807) is 6.92 Å². The molecule has 1 heterocycles. The Hall–Kier alpha value is -1.56. The van der Waals surface area contributed by atoms with Crippen LogP contribution in [0.5, 0.6) is 0 Å². The Morgan fingerprint density at radius 1 is 1.50 bits per heavy atom. The summed E-state index contributed by atoms with van der Waals surface area (Å²) in [6.45, 7) is 6.05. The highest BCUT2D eigenvalue weighted by Crippen LogP contribution is 2.20. The Balaban J connectivity index is 2.42. The van der Waals surface area contributed by atoms with Gasteiger partial charge in [0.2, 0.25) is 0 Å². The molecule has 0 spiro atoms. The third-order valence-corrected chi connectivity index (χ3v) is 2.73. The zero-order chi connectivity index (χ0) is 13.5. The van der Waals surface area contributed by atoms with Crippen LogP contribution in [0.4, 0.5) is 10.5 Å². The van der Waals surface area contributed by atoms with Crippen LogP contribution in [-0.2, 0) is 6.42 Å². The maximum atomic E-state index is 11.6. The van der Waals surface area contributed by atoms with Gasteiger partial charge in [0, 0.05) is 13.0 Å². The number of nitrogens with zero attached hydrogens (tertiary/aromatic N) is 1. The average Bonchev–Trinajstić information content (AvgIpc) is 2.70. The number of rotatable bonds is 6. The van der Waals surface area contributed by atoms with Gasteiger partial charge in [-0.05, 0) is 19.8 Å². The Morgan fingerprint density at radius 3 is 2.83 bits per heavy atom. The van der Waals surface area contributed by atoms with Crippen molar-refractivity contribution in [1.29, 1.82) is 0 Å². The van der Waals surface area contributed by atoms with Gasteiger partial charge in [-0.25, -0.2) is 4.79 Å². The molecule has 0 fully saturated rings. The third-order valence-electron chi connectivity index (χ3n) is 2.73. The number of amides is 2. The molecule has 0 aliphatic carbocycles. The number of anilines is 1. The van der Waals surface area contributed by atoms with Gasteiger partial charge in [0.05, 0.1) is 6.10 Å². The summed E-state index contributed by atoms with van der Waals surface area (Å²) < 4.78 is 5.07. The molecular formula is C12H21N3O3. The van der Waals surface area contributed by atoms with Gasteiger partial charge in [0.15, 0.2) is 5.76 Å². The van der Waals surface area contributed by atoms with E-state index in [2.05, 4.69) is 15.8 Å². The lowest BCUT2D eigenvalue weighted by Crippen LogP contribution is -2.31. The molecule has 0 radical (unpaired) electrons. The summed E-state index contributed by atoms with van der Waals surface area (Å²) in [5.41, 5.74) is 1.29. The second-order valence-corrected chi connectivity index (χ2v) is 4.15. The van der Waals surface area contributed by atoms with Crippen molar-refractivity contribution < 1.29 is 14.4 Å². The lowest BCUT2D eigenvalue weighted by molar-refractivity contribution is 0.160. The number of aliphatic hydroxyl groups excluding tert-OH is 1. The van der Waals surface area contributed by atoms with Gasteiger partial charge in [0.25, 0.3) is 0 Å². The molecule has 3 N–H and O–H groups in total. The SMILES string of the molecule is CCc1onc(C)c1NC(=O)NCCC(O)CC. The predicted molar refractivity (Wildman–Crippen MR) is 68.6 cm³/mol.